The van der Waals surface area contributed by atoms with Crippen molar-refractivity contribution in [2.75, 3.05) is 0 Å². The molecule has 6 heteroatoms. The fourth-order valence-electron chi connectivity index (χ4n) is 1.09. The monoisotopic (exact) mass is 214 g/mol. The molecule has 0 aromatic rings. The minimum atomic E-state index is -1.00. The van der Waals surface area contributed by atoms with Crippen molar-refractivity contribution in [3.8, 4) is 0 Å². The highest BCUT2D eigenvalue weighted by Crippen LogP contribution is 2.08. The maximum atomic E-state index is 11.2. The maximum absolute atomic E-state index is 11.2. The van der Waals surface area contributed by atoms with Crippen LogP contribution in [0.15, 0.2) is 0 Å². The maximum Gasteiger partial charge on any atom is 0.408 e. The Morgan fingerprint density at radius 2 is 2.07 bits per heavy atom. The van der Waals surface area contributed by atoms with Crippen molar-refractivity contribution in [2.45, 2.75) is 38.8 Å². The number of imide groups is 1. The summed E-state index contributed by atoms with van der Waals surface area (Å²) in [5, 5.41) is 4.58. The van der Waals surface area contributed by atoms with Crippen LogP contribution in [0.5, 0.6) is 0 Å². The van der Waals surface area contributed by atoms with Crippen LogP contribution in [0.25, 0.3) is 0 Å². The summed E-state index contributed by atoms with van der Waals surface area (Å²) in [6.45, 7) is 5.36. The van der Waals surface area contributed by atoms with Crippen molar-refractivity contribution >= 4 is 17.9 Å². The number of nitrogens with one attached hydrogen (secondary N) is 2. The molecule has 0 unspecified atom stereocenters. The van der Waals surface area contributed by atoms with Gasteiger partial charge >= 0.3 is 6.09 Å². The van der Waals surface area contributed by atoms with Crippen LogP contribution in [0, 0.1) is 0 Å². The van der Waals surface area contributed by atoms with Gasteiger partial charge in [-0.25, -0.2) is 4.79 Å². The van der Waals surface area contributed by atoms with E-state index in [0.29, 0.717) is 0 Å². The molecule has 1 fully saturated rings. The van der Waals surface area contributed by atoms with E-state index in [-0.39, 0.29) is 6.42 Å². The normalized spacial score (nSPS) is 21.1. The zero-order chi connectivity index (χ0) is 11.6. The molecule has 0 radical (unpaired) electrons. The first-order chi connectivity index (χ1) is 6.78. The van der Waals surface area contributed by atoms with Crippen molar-refractivity contribution < 1.29 is 19.1 Å². The Morgan fingerprint density at radius 3 is 2.47 bits per heavy atom. The summed E-state index contributed by atoms with van der Waals surface area (Å²) in [7, 11) is 0. The van der Waals surface area contributed by atoms with E-state index in [9.17, 15) is 14.4 Å². The number of carbonyl (C=O) groups excluding carboxylic acids is 3. The second kappa shape index (κ2) is 3.88. The molecule has 3 amide bonds. The molecule has 0 bridgehead atoms. The third-order valence-corrected chi connectivity index (χ3v) is 1.65. The molecule has 0 spiro atoms. The van der Waals surface area contributed by atoms with Crippen LogP contribution in [0.4, 0.5) is 4.79 Å². The number of alkyl carbamates (subject to hydrolysis) is 1. The lowest BCUT2D eigenvalue weighted by Crippen LogP contribution is -2.43. The molecular formula is C9H14N2O4. The predicted molar refractivity (Wildman–Crippen MR) is 50.9 cm³/mol. The second-order valence-electron chi connectivity index (χ2n) is 4.39. The standard InChI is InChI=1S/C9H14N2O4/c1-9(2,3)11-8(14)15-5-4-6(12)10-7(5)13/h5H,4H2,1-3H3,(H,11,14)(H,10,12,13)/t5-/m0/s1. The first kappa shape index (κ1) is 11.5. The molecule has 84 valence electrons. The molecule has 1 aliphatic rings. The zero-order valence-corrected chi connectivity index (χ0v) is 8.92. The summed E-state index contributed by atoms with van der Waals surface area (Å²) in [6, 6.07) is 0. The van der Waals surface area contributed by atoms with Crippen LogP contribution >= 0.6 is 0 Å². The van der Waals surface area contributed by atoms with Crippen molar-refractivity contribution in [3.05, 3.63) is 0 Å². The number of carbonyl (C=O) groups is 3. The van der Waals surface area contributed by atoms with Gasteiger partial charge in [0, 0.05) is 5.54 Å². The van der Waals surface area contributed by atoms with E-state index < -0.39 is 29.6 Å². The first-order valence-corrected chi connectivity index (χ1v) is 4.60. The van der Waals surface area contributed by atoms with Gasteiger partial charge in [0.15, 0.2) is 6.10 Å². The predicted octanol–water partition coefficient (Wildman–Crippen LogP) is -0.0738. The van der Waals surface area contributed by atoms with E-state index >= 15 is 0 Å². The lowest BCUT2D eigenvalue weighted by molar-refractivity contribution is -0.127. The molecule has 0 aromatic carbocycles. The van der Waals surface area contributed by atoms with Crippen LogP contribution < -0.4 is 10.6 Å². The second-order valence-corrected chi connectivity index (χ2v) is 4.39. The number of ether oxygens (including phenoxy) is 1. The highest BCUT2D eigenvalue weighted by Gasteiger charge is 2.34. The summed E-state index contributed by atoms with van der Waals surface area (Å²) < 4.78 is 4.79. The van der Waals surface area contributed by atoms with Crippen LogP contribution in [0.1, 0.15) is 27.2 Å². The van der Waals surface area contributed by atoms with E-state index in [0.717, 1.165) is 0 Å². The van der Waals surface area contributed by atoms with Gasteiger partial charge in [-0.2, -0.15) is 0 Å². The Hall–Kier alpha value is -1.59. The van der Waals surface area contributed by atoms with Crippen molar-refractivity contribution in [2.24, 2.45) is 0 Å². The average molecular weight is 214 g/mol. The molecule has 15 heavy (non-hydrogen) atoms. The topological polar surface area (TPSA) is 84.5 Å². The molecule has 1 heterocycles. The molecule has 1 rings (SSSR count). The Labute approximate surface area is 87.4 Å². The van der Waals surface area contributed by atoms with Gasteiger partial charge < -0.3 is 10.1 Å². The van der Waals surface area contributed by atoms with Crippen LogP contribution in [-0.2, 0) is 14.3 Å². The Balaban J connectivity index is 2.45. The molecular weight excluding hydrogens is 200 g/mol. The number of amides is 3. The SMILES string of the molecule is CC(C)(C)NC(=O)O[C@H]1CC(=O)NC1=O. The molecule has 0 aliphatic carbocycles. The van der Waals surface area contributed by atoms with E-state index in [1.165, 1.54) is 0 Å². The minimum Gasteiger partial charge on any atom is -0.436 e. The lowest BCUT2D eigenvalue weighted by atomic mass is 10.1. The van der Waals surface area contributed by atoms with Crippen molar-refractivity contribution in [3.63, 3.8) is 0 Å². The molecule has 0 saturated carbocycles. The fourth-order valence-corrected chi connectivity index (χ4v) is 1.09. The average Bonchev–Trinajstić information content (AvgIpc) is 2.25. The van der Waals surface area contributed by atoms with Gasteiger partial charge in [0.2, 0.25) is 5.91 Å². The minimum absolute atomic E-state index is 0.101. The van der Waals surface area contributed by atoms with E-state index in [1.807, 2.05) is 0 Å². The molecule has 2 N–H and O–H groups in total. The molecule has 0 aromatic heterocycles. The Bertz CT molecular complexity index is 306. The molecule has 6 nitrogen and oxygen atoms in total. The van der Waals surface area contributed by atoms with Gasteiger partial charge in [0.25, 0.3) is 5.91 Å². The lowest BCUT2D eigenvalue weighted by Gasteiger charge is -2.20. The van der Waals surface area contributed by atoms with E-state index in [1.54, 1.807) is 20.8 Å². The third kappa shape index (κ3) is 3.57. The fraction of sp³-hybridized carbons (Fsp3) is 0.667. The quantitative estimate of drug-likeness (QED) is 0.598. The molecule has 1 aliphatic heterocycles. The largest absolute Gasteiger partial charge is 0.436 e. The number of hydrogen-bond donors (Lipinski definition) is 2. The Morgan fingerprint density at radius 1 is 1.47 bits per heavy atom. The van der Waals surface area contributed by atoms with E-state index in [4.69, 9.17) is 4.74 Å². The summed E-state index contributed by atoms with van der Waals surface area (Å²) in [4.78, 5) is 33.1. The number of hydrogen-bond acceptors (Lipinski definition) is 4. The van der Waals surface area contributed by atoms with Crippen molar-refractivity contribution in [1.29, 1.82) is 0 Å². The van der Waals surface area contributed by atoms with Gasteiger partial charge in [-0.3, -0.25) is 14.9 Å². The Kier molecular flexibility index (Phi) is 2.97. The van der Waals surface area contributed by atoms with Gasteiger partial charge in [0.05, 0.1) is 6.42 Å². The summed E-state index contributed by atoms with van der Waals surface area (Å²) in [6.07, 6.45) is -1.80. The highest BCUT2D eigenvalue weighted by atomic mass is 16.6. The summed E-state index contributed by atoms with van der Waals surface area (Å²) in [5.74, 6) is -0.988. The zero-order valence-electron chi connectivity index (χ0n) is 8.92. The van der Waals surface area contributed by atoms with Gasteiger partial charge in [-0.1, -0.05) is 0 Å². The first-order valence-electron chi connectivity index (χ1n) is 4.60. The summed E-state index contributed by atoms with van der Waals surface area (Å²) in [5.41, 5.74) is -0.434. The van der Waals surface area contributed by atoms with Gasteiger partial charge in [0.1, 0.15) is 0 Å². The highest BCUT2D eigenvalue weighted by molar-refractivity contribution is 6.05. The van der Waals surface area contributed by atoms with Crippen LogP contribution in [0.2, 0.25) is 0 Å². The summed E-state index contributed by atoms with van der Waals surface area (Å²) >= 11 is 0. The van der Waals surface area contributed by atoms with Crippen LogP contribution in [-0.4, -0.2) is 29.6 Å². The third-order valence-electron chi connectivity index (χ3n) is 1.65. The number of rotatable bonds is 1. The molecule has 1 saturated heterocycles. The molecule has 1 atom stereocenters. The van der Waals surface area contributed by atoms with Gasteiger partial charge in [-0.05, 0) is 20.8 Å². The van der Waals surface area contributed by atoms with E-state index in [2.05, 4.69) is 10.6 Å². The van der Waals surface area contributed by atoms with Gasteiger partial charge in [-0.15, -0.1) is 0 Å². The van der Waals surface area contributed by atoms with Crippen LogP contribution in [0.3, 0.4) is 0 Å². The smallest absolute Gasteiger partial charge is 0.408 e. The van der Waals surface area contributed by atoms with Crippen molar-refractivity contribution in [1.82, 2.24) is 10.6 Å².